The Morgan fingerprint density at radius 1 is 1.00 bits per heavy atom. The van der Waals surface area contributed by atoms with E-state index in [1.165, 1.54) is 29.4 Å². The summed E-state index contributed by atoms with van der Waals surface area (Å²) < 4.78 is 37.2. The first-order valence-corrected chi connectivity index (χ1v) is 9.72. The van der Waals surface area contributed by atoms with E-state index < -0.39 is 11.6 Å². The molecule has 7 heteroatoms. The summed E-state index contributed by atoms with van der Waals surface area (Å²) in [5, 5.41) is 4.73. The Labute approximate surface area is 167 Å². The number of hydrogen-bond donors (Lipinski definition) is 0. The van der Waals surface area contributed by atoms with Crippen molar-refractivity contribution < 1.29 is 13.5 Å². The number of hydrogen-bond acceptors (Lipinski definition) is 4. The highest BCUT2D eigenvalue weighted by Crippen LogP contribution is 2.45. The number of aryl methyl sites for hydroxylation is 1. The summed E-state index contributed by atoms with van der Waals surface area (Å²) in [5.74, 6) is -1.32. The molecule has 3 aromatic rings. The van der Waals surface area contributed by atoms with Crippen molar-refractivity contribution in [2.75, 3.05) is 11.5 Å². The second-order valence-corrected chi connectivity index (χ2v) is 7.25. The minimum atomic E-state index is -0.658. The number of ether oxygens (including phenoxy) is 1. The summed E-state index contributed by atoms with van der Waals surface area (Å²) in [5.41, 5.74) is 3.41. The first-order valence-electron chi connectivity index (χ1n) is 9.72. The number of rotatable bonds is 2. The van der Waals surface area contributed by atoms with E-state index in [-0.39, 0.29) is 11.9 Å². The van der Waals surface area contributed by atoms with Gasteiger partial charge in [-0.2, -0.15) is 5.10 Å². The smallest absolute Gasteiger partial charge is 0.150 e. The highest BCUT2D eigenvalue weighted by molar-refractivity contribution is 6.01. The predicted molar refractivity (Wildman–Crippen MR) is 108 cm³/mol. The maximum atomic E-state index is 14.7. The fourth-order valence-corrected chi connectivity index (χ4v) is 4.06. The quantitative estimate of drug-likeness (QED) is 0.564. The lowest BCUT2D eigenvalue weighted by Crippen LogP contribution is -2.21. The molecule has 1 saturated heterocycles. The second kappa shape index (κ2) is 7.08. The molecule has 1 aromatic heterocycles. The summed E-state index contributed by atoms with van der Waals surface area (Å²) in [6.45, 7) is 2.51. The van der Waals surface area contributed by atoms with E-state index in [1.807, 2.05) is 35.9 Å². The highest BCUT2D eigenvalue weighted by Gasteiger charge is 2.32. The van der Waals surface area contributed by atoms with Crippen LogP contribution in [-0.4, -0.2) is 22.7 Å². The van der Waals surface area contributed by atoms with Crippen LogP contribution in [0.4, 0.5) is 25.8 Å². The Morgan fingerprint density at radius 2 is 1.79 bits per heavy atom. The van der Waals surface area contributed by atoms with Crippen LogP contribution in [0.25, 0.3) is 11.3 Å². The predicted octanol–water partition coefficient (Wildman–Crippen LogP) is 5.65. The molecule has 0 N–H and O–H groups in total. The van der Waals surface area contributed by atoms with Crippen molar-refractivity contribution in [3.8, 4) is 11.3 Å². The molecule has 0 bridgehead atoms. The van der Waals surface area contributed by atoms with Crippen molar-refractivity contribution in [2.45, 2.75) is 32.4 Å². The molecule has 0 saturated carbocycles. The van der Waals surface area contributed by atoms with Crippen LogP contribution in [0.1, 0.15) is 31.2 Å². The molecule has 0 amide bonds. The van der Waals surface area contributed by atoms with E-state index in [0.29, 0.717) is 23.7 Å². The molecule has 1 fully saturated rings. The average Bonchev–Trinajstić information content (AvgIpc) is 2.98. The van der Waals surface area contributed by atoms with Crippen LogP contribution in [0.5, 0.6) is 0 Å². The molecule has 0 spiro atoms. The van der Waals surface area contributed by atoms with E-state index in [0.717, 1.165) is 30.5 Å². The van der Waals surface area contributed by atoms with Crippen molar-refractivity contribution in [2.24, 2.45) is 4.99 Å². The van der Waals surface area contributed by atoms with Gasteiger partial charge in [-0.3, -0.25) is 4.90 Å². The Kier molecular flexibility index (Phi) is 4.39. The molecule has 3 heterocycles. The number of para-hydroxylation sites is 2. The van der Waals surface area contributed by atoms with E-state index in [2.05, 4.69) is 4.99 Å². The van der Waals surface area contributed by atoms with Crippen LogP contribution in [0.3, 0.4) is 0 Å². The number of aliphatic imine (C=N–C) groups is 1. The van der Waals surface area contributed by atoms with Gasteiger partial charge in [0.15, 0.2) is 6.23 Å². The lowest BCUT2D eigenvalue weighted by atomic mass is 10.1. The standard InChI is InChI=1S/C22H20F2N4O/c1-14-20-21(28(26-14)19-11-4-5-12-29-19)15-7-2-3-10-18(15)25-13-27(20)22-16(23)8-6-9-17(22)24/h2-3,6-10,13,19H,4-5,11-12H2,1H3. The van der Waals surface area contributed by atoms with Crippen LogP contribution in [-0.2, 0) is 4.74 Å². The molecule has 29 heavy (non-hydrogen) atoms. The van der Waals surface area contributed by atoms with E-state index >= 15 is 0 Å². The third-order valence-corrected chi connectivity index (χ3v) is 5.37. The maximum absolute atomic E-state index is 14.7. The summed E-state index contributed by atoms with van der Waals surface area (Å²) >= 11 is 0. The summed E-state index contributed by atoms with van der Waals surface area (Å²) in [7, 11) is 0. The van der Waals surface area contributed by atoms with Crippen molar-refractivity contribution in [1.82, 2.24) is 9.78 Å². The van der Waals surface area contributed by atoms with Crippen molar-refractivity contribution >= 4 is 23.4 Å². The van der Waals surface area contributed by atoms with Gasteiger partial charge in [0.25, 0.3) is 0 Å². The fraction of sp³-hybridized carbons (Fsp3) is 0.273. The summed E-state index contributed by atoms with van der Waals surface area (Å²) in [6, 6.07) is 11.5. The first-order chi connectivity index (χ1) is 14.1. The van der Waals surface area contributed by atoms with Crippen LogP contribution in [0.2, 0.25) is 0 Å². The monoisotopic (exact) mass is 394 g/mol. The zero-order valence-corrected chi connectivity index (χ0v) is 16.0. The Bertz CT molecular complexity index is 1080. The van der Waals surface area contributed by atoms with Crippen LogP contribution in [0.15, 0.2) is 47.5 Å². The number of halogens is 2. The summed E-state index contributed by atoms with van der Waals surface area (Å²) in [6.07, 6.45) is 4.15. The molecular weight excluding hydrogens is 374 g/mol. The Balaban J connectivity index is 1.78. The molecule has 1 unspecified atom stereocenters. The Hall–Kier alpha value is -3.06. The largest absolute Gasteiger partial charge is 0.356 e. The lowest BCUT2D eigenvalue weighted by Gasteiger charge is -2.25. The SMILES string of the molecule is Cc1nn(C2CCCCO2)c2c1N(c1c(F)cccc1F)C=Nc1ccccc1-2. The van der Waals surface area contributed by atoms with E-state index in [1.54, 1.807) is 0 Å². The van der Waals surface area contributed by atoms with Crippen LogP contribution >= 0.6 is 0 Å². The third kappa shape index (κ3) is 2.93. The van der Waals surface area contributed by atoms with Crippen LogP contribution in [0, 0.1) is 18.6 Å². The average molecular weight is 394 g/mol. The number of aromatic nitrogens is 2. The zero-order chi connectivity index (χ0) is 20.0. The molecule has 1 atom stereocenters. The summed E-state index contributed by atoms with van der Waals surface area (Å²) in [4.78, 5) is 5.99. The van der Waals surface area contributed by atoms with E-state index in [9.17, 15) is 8.78 Å². The van der Waals surface area contributed by atoms with Crippen LogP contribution < -0.4 is 4.90 Å². The molecule has 2 aromatic carbocycles. The third-order valence-electron chi connectivity index (χ3n) is 5.37. The second-order valence-electron chi connectivity index (χ2n) is 7.25. The molecule has 0 aliphatic carbocycles. The molecule has 2 aliphatic heterocycles. The van der Waals surface area contributed by atoms with Gasteiger partial charge in [-0.25, -0.2) is 18.5 Å². The van der Waals surface area contributed by atoms with Gasteiger partial charge < -0.3 is 4.74 Å². The normalized spacial score (nSPS) is 18.3. The van der Waals surface area contributed by atoms with E-state index in [4.69, 9.17) is 9.84 Å². The van der Waals surface area contributed by atoms with Crippen molar-refractivity contribution in [1.29, 1.82) is 0 Å². The van der Waals surface area contributed by atoms with Gasteiger partial charge in [0.05, 0.1) is 22.8 Å². The van der Waals surface area contributed by atoms with Gasteiger partial charge in [-0.05, 0) is 44.4 Å². The van der Waals surface area contributed by atoms with Crippen molar-refractivity contribution in [3.63, 3.8) is 0 Å². The van der Waals surface area contributed by atoms with Gasteiger partial charge in [0.2, 0.25) is 0 Å². The molecule has 2 aliphatic rings. The Morgan fingerprint density at radius 3 is 2.55 bits per heavy atom. The van der Waals surface area contributed by atoms with Gasteiger partial charge >= 0.3 is 0 Å². The highest BCUT2D eigenvalue weighted by atomic mass is 19.1. The van der Waals surface area contributed by atoms with Gasteiger partial charge in [-0.15, -0.1) is 0 Å². The minimum Gasteiger partial charge on any atom is -0.356 e. The minimum absolute atomic E-state index is 0.169. The molecular formula is C22H20F2N4O. The zero-order valence-electron chi connectivity index (χ0n) is 16.0. The number of anilines is 2. The lowest BCUT2D eigenvalue weighted by molar-refractivity contribution is -0.0384. The van der Waals surface area contributed by atoms with Gasteiger partial charge in [0.1, 0.15) is 23.7 Å². The van der Waals surface area contributed by atoms with Gasteiger partial charge in [0, 0.05) is 12.2 Å². The maximum Gasteiger partial charge on any atom is 0.150 e. The molecule has 0 radical (unpaired) electrons. The molecule has 148 valence electrons. The number of benzene rings is 2. The molecule has 5 nitrogen and oxygen atoms in total. The van der Waals surface area contributed by atoms with Crippen molar-refractivity contribution in [3.05, 3.63) is 59.8 Å². The fourth-order valence-electron chi connectivity index (χ4n) is 4.06. The molecule has 5 rings (SSSR count). The first kappa shape index (κ1) is 18.0. The topological polar surface area (TPSA) is 42.6 Å². The van der Waals surface area contributed by atoms with Gasteiger partial charge in [-0.1, -0.05) is 24.3 Å². The number of nitrogens with zero attached hydrogens (tertiary/aromatic N) is 4. The number of fused-ring (bicyclic) bond motifs is 3.